The van der Waals surface area contributed by atoms with Gasteiger partial charge in [-0.05, 0) is 4.57 Å². The Bertz CT molecular complexity index is 213. The van der Waals surface area contributed by atoms with E-state index in [9.17, 15) is 9.36 Å². The Morgan fingerprint density at radius 1 is 1.77 bits per heavy atom. The van der Waals surface area contributed by atoms with E-state index in [4.69, 9.17) is 21.7 Å². The average molecular weight is 211 g/mol. The van der Waals surface area contributed by atoms with E-state index in [1.54, 1.807) is 0 Å². The first kappa shape index (κ1) is 12.4. The van der Waals surface area contributed by atoms with Crippen LogP contribution in [0.3, 0.4) is 0 Å². The second-order valence-electron chi connectivity index (χ2n) is 2.59. The van der Waals surface area contributed by atoms with Crippen LogP contribution in [-0.4, -0.2) is 34.3 Å². The molecule has 0 saturated heterocycles. The van der Waals surface area contributed by atoms with Crippen LogP contribution >= 0.6 is 8.03 Å². The van der Waals surface area contributed by atoms with Crippen molar-refractivity contribution in [1.29, 1.82) is 0 Å². The number of hydrogen-bond donors (Lipinski definition) is 4. The summed E-state index contributed by atoms with van der Waals surface area (Å²) in [4.78, 5) is 10.2. The molecule has 0 aromatic heterocycles. The van der Waals surface area contributed by atoms with E-state index in [0.717, 1.165) is 6.92 Å². The molecule has 0 aliphatic carbocycles. The number of aliphatic hydroxyl groups is 1. The predicted octanol–water partition coefficient (Wildman–Crippen LogP) is -1.22. The van der Waals surface area contributed by atoms with Gasteiger partial charge >= 0.3 is 19.5 Å². The molecule has 0 aliphatic heterocycles. The Balaban J connectivity index is 3.91. The van der Waals surface area contributed by atoms with E-state index in [1.165, 1.54) is 0 Å². The Kier molecular flexibility index (Phi) is 4.38. The van der Waals surface area contributed by atoms with E-state index in [2.05, 4.69) is 4.52 Å². The molecule has 0 saturated carbocycles. The first-order valence-electron chi connectivity index (χ1n) is 3.35. The summed E-state index contributed by atoms with van der Waals surface area (Å²) >= 11 is 0. The molecule has 0 radical (unpaired) electrons. The van der Waals surface area contributed by atoms with Gasteiger partial charge in [0.1, 0.15) is 12.6 Å². The molecule has 0 spiro atoms. The summed E-state index contributed by atoms with van der Waals surface area (Å²) in [5, 5.41) is 17.2. The van der Waals surface area contributed by atoms with Crippen LogP contribution in [0.25, 0.3) is 0 Å². The monoisotopic (exact) mass is 211 g/mol. The molecule has 3 atom stereocenters. The molecule has 0 heterocycles. The van der Waals surface area contributed by atoms with E-state index in [1.807, 2.05) is 0 Å². The molecule has 0 aromatic carbocycles. The lowest BCUT2D eigenvalue weighted by Crippen LogP contribution is -2.36. The smallest absolute Gasteiger partial charge is 0.480 e. The van der Waals surface area contributed by atoms with Crippen LogP contribution in [-0.2, 0) is 13.9 Å². The quantitative estimate of drug-likeness (QED) is 0.330. The van der Waals surface area contributed by atoms with Crippen molar-refractivity contribution in [2.45, 2.75) is 18.4 Å². The summed E-state index contributed by atoms with van der Waals surface area (Å²) in [6.07, 6.45) is 0. The van der Waals surface area contributed by atoms with Gasteiger partial charge in [-0.25, -0.2) is 0 Å². The van der Waals surface area contributed by atoms with Crippen molar-refractivity contribution in [3.63, 3.8) is 0 Å². The zero-order chi connectivity index (χ0) is 10.6. The van der Waals surface area contributed by atoms with Crippen molar-refractivity contribution < 1.29 is 24.1 Å². The maximum absolute atomic E-state index is 10.9. The average Bonchev–Trinajstić information content (AvgIpc) is 1.97. The third-order valence-corrected chi connectivity index (χ3v) is 2.18. The highest BCUT2D eigenvalue weighted by molar-refractivity contribution is 7.40. The standard InChI is InChI=1S/C5H11N2O5P/c1-5(7,10)13(11)12-2-3(6)4(8)9/h3,10H,2,6-7H2,1H3/p+1/t3-,5?/m0/s1. The number of carbonyl (C=O) groups is 1. The molecule has 0 amide bonds. The number of carboxylic acids is 1. The topological polar surface area (TPSA) is 136 Å². The number of nitrogens with two attached hydrogens (primary N) is 2. The SMILES string of the molecule is CC(N)(O)[P+](=O)OC[C@H](N)C(=O)O. The molecule has 76 valence electrons. The second-order valence-corrected chi connectivity index (χ2v) is 4.27. The highest BCUT2D eigenvalue weighted by atomic mass is 31.1. The maximum atomic E-state index is 10.9. The molecule has 0 fully saturated rings. The fraction of sp³-hybridized carbons (Fsp3) is 0.800. The fourth-order valence-corrected chi connectivity index (χ4v) is 0.907. The van der Waals surface area contributed by atoms with Gasteiger partial charge in [0.05, 0.1) is 0 Å². The third kappa shape index (κ3) is 4.87. The van der Waals surface area contributed by atoms with Gasteiger partial charge in [0, 0.05) is 6.92 Å². The van der Waals surface area contributed by atoms with Crippen LogP contribution < -0.4 is 11.5 Å². The first-order valence-corrected chi connectivity index (χ1v) is 4.53. The van der Waals surface area contributed by atoms with Gasteiger partial charge in [-0.2, -0.15) is 0 Å². The van der Waals surface area contributed by atoms with E-state index in [0.29, 0.717) is 0 Å². The molecule has 8 heteroatoms. The molecular formula is C5H12N2O5P+. The summed E-state index contributed by atoms with van der Waals surface area (Å²) in [5.74, 6) is -1.28. The van der Waals surface area contributed by atoms with Crippen LogP contribution in [0, 0.1) is 0 Å². The maximum Gasteiger partial charge on any atom is 0.560 e. The zero-order valence-corrected chi connectivity index (χ0v) is 7.90. The van der Waals surface area contributed by atoms with E-state index >= 15 is 0 Å². The van der Waals surface area contributed by atoms with Gasteiger partial charge in [0.2, 0.25) is 0 Å². The van der Waals surface area contributed by atoms with Crippen molar-refractivity contribution in [2.24, 2.45) is 11.5 Å². The lowest BCUT2D eigenvalue weighted by molar-refractivity contribution is -0.139. The molecule has 6 N–H and O–H groups in total. The van der Waals surface area contributed by atoms with Gasteiger partial charge in [0.15, 0.2) is 0 Å². The van der Waals surface area contributed by atoms with Gasteiger partial charge < -0.3 is 15.9 Å². The van der Waals surface area contributed by atoms with E-state index in [-0.39, 0.29) is 0 Å². The van der Waals surface area contributed by atoms with Gasteiger partial charge in [-0.1, -0.05) is 0 Å². The Morgan fingerprint density at radius 2 is 2.23 bits per heavy atom. The van der Waals surface area contributed by atoms with Crippen molar-refractivity contribution in [1.82, 2.24) is 0 Å². The zero-order valence-electron chi connectivity index (χ0n) is 7.01. The number of carboxylic acid groups (broad SMARTS) is 1. The Labute approximate surface area is 75.5 Å². The Hall–Kier alpha value is -0.590. The van der Waals surface area contributed by atoms with Crippen LogP contribution in [0.5, 0.6) is 0 Å². The van der Waals surface area contributed by atoms with Gasteiger partial charge in [0.25, 0.3) is 0 Å². The molecule has 2 unspecified atom stereocenters. The molecule has 0 aromatic rings. The fourth-order valence-electron chi connectivity index (χ4n) is 0.350. The molecule has 0 bridgehead atoms. The van der Waals surface area contributed by atoms with Gasteiger partial charge in [-0.3, -0.25) is 10.5 Å². The summed E-state index contributed by atoms with van der Waals surface area (Å²) in [6.45, 7) is 0.621. The third-order valence-electron chi connectivity index (χ3n) is 1.06. The van der Waals surface area contributed by atoms with Crippen LogP contribution in [0.1, 0.15) is 6.92 Å². The minimum Gasteiger partial charge on any atom is -0.480 e. The summed E-state index contributed by atoms with van der Waals surface area (Å²) in [6, 6.07) is -1.28. The number of aliphatic carboxylic acids is 1. The van der Waals surface area contributed by atoms with E-state index < -0.39 is 32.1 Å². The minimum absolute atomic E-state index is 0.460. The summed E-state index contributed by atoms with van der Waals surface area (Å²) in [7, 11) is -2.54. The van der Waals surface area contributed by atoms with Crippen molar-refractivity contribution >= 4 is 14.0 Å². The number of rotatable bonds is 5. The minimum atomic E-state index is -2.54. The lowest BCUT2D eigenvalue weighted by Gasteiger charge is -2.04. The van der Waals surface area contributed by atoms with Crippen molar-refractivity contribution in [3.05, 3.63) is 0 Å². The Morgan fingerprint density at radius 3 is 2.54 bits per heavy atom. The lowest BCUT2D eigenvalue weighted by atomic mass is 10.3. The van der Waals surface area contributed by atoms with Crippen LogP contribution in [0.4, 0.5) is 0 Å². The number of hydrogen-bond acceptors (Lipinski definition) is 6. The van der Waals surface area contributed by atoms with Crippen molar-refractivity contribution in [2.75, 3.05) is 6.61 Å². The van der Waals surface area contributed by atoms with Crippen molar-refractivity contribution in [3.8, 4) is 0 Å². The summed E-state index contributed by atoms with van der Waals surface area (Å²) in [5.41, 5.74) is 8.05. The summed E-state index contributed by atoms with van der Waals surface area (Å²) < 4.78 is 15.4. The highest BCUT2D eigenvalue weighted by Gasteiger charge is 2.41. The van der Waals surface area contributed by atoms with Gasteiger partial charge in [-0.15, -0.1) is 4.52 Å². The van der Waals surface area contributed by atoms with Crippen LogP contribution in [0.15, 0.2) is 0 Å². The molecule has 0 aliphatic rings. The normalized spacial score (nSPS) is 18.9. The predicted molar refractivity (Wildman–Crippen MR) is 44.0 cm³/mol. The molecule has 7 nitrogen and oxygen atoms in total. The molecule has 13 heavy (non-hydrogen) atoms. The first-order chi connectivity index (χ1) is 5.75. The largest absolute Gasteiger partial charge is 0.560 e. The molecular weight excluding hydrogens is 199 g/mol. The highest BCUT2D eigenvalue weighted by Crippen LogP contribution is 2.33. The second kappa shape index (κ2) is 4.59. The molecule has 0 rings (SSSR count). The van der Waals surface area contributed by atoms with Crippen LogP contribution in [0.2, 0.25) is 0 Å².